The third-order valence-electron chi connectivity index (χ3n) is 0.866. The van der Waals surface area contributed by atoms with E-state index in [0.29, 0.717) is 5.54 Å². The van der Waals surface area contributed by atoms with Crippen molar-refractivity contribution in [3.8, 4) is 0 Å². The van der Waals surface area contributed by atoms with Gasteiger partial charge in [0.2, 0.25) is 0 Å². The Morgan fingerprint density at radius 3 is 1.33 bits per heavy atom. The maximum Gasteiger partial charge on any atom is 0.0874 e. The fourth-order valence-electron chi connectivity index (χ4n) is 0. The molecule has 1 heteroatoms. The van der Waals surface area contributed by atoms with Gasteiger partial charge in [0.25, 0.3) is 0 Å². The van der Waals surface area contributed by atoms with Crippen molar-refractivity contribution in [3.05, 3.63) is 0 Å². The minimum absolute atomic E-state index is 0.417. The van der Waals surface area contributed by atoms with Gasteiger partial charge in [0.15, 0.2) is 0 Å². The molecule has 0 aromatic rings. The molecule has 38 valence electrons. The summed E-state index contributed by atoms with van der Waals surface area (Å²) in [4.78, 5) is 0. The number of hydrogen-bond donors (Lipinski definition) is 1. The standard InChI is InChI=1S/C5H13N/c1-5(2,3)6-4/h6H,1-4H3/p+1. The number of nitrogens with two attached hydrogens (primary N) is 1. The Bertz CT molecular complexity index is 33.7. The summed E-state index contributed by atoms with van der Waals surface area (Å²) in [5.74, 6) is 0. The molecule has 0 radical (unpaired) electrons. The number of hydrogen-bond acceptors (Lipinski definition) is 0. The molecule has 0 bridgehead atoms. The molecule has 2 N–H and O–H groups in total. The zero-order valence-electron chi connectivity index (χ0n) is 5.08. The van der Waals surface area contributed by atoms with Crippen LogP contribution in [0.5, 0.6) is 0 Å². The SMILES string of the molecule is C[NH2+]C(C)(C)C. The molecule has 0 amide bonds. The molecule has 0 rings (SSSR count). The number of rotatable bonds is 0. The second kappa shape index (κ2) is 1.61. The van der Waals surface area contributed by atoms with Crippen LogP contribution in [-0.2, 0) is 0 Å². The molecule has 0 aromatic carbocycles. The highest BCUT2D eigenvalue weighted by atomic mass is 14.9. The van der Waals surface area contributed by atoms with Gasteiger partial charge in [-0.25, -0.2) is 0 Å². The first-order chi connectivity index (χ1) is 2.56. The van der Waals surface area contributed by atoms with Crippen molar-refractivity contribution in [2.75, 3.05) is 7.05 Å². The summed E-state index contributed by atoms with van der Waals surface area (Å²) in [6, 6.07) is 0. The van der Waals surface area contributed by atoms with E-state index in [0.717, 1.165) is 0 Å². The van der Waals surface area contributed by atoms with Crippen LogP contribution in [-0.4, -0.2) is 12.6 Å². The van der Waals surface area contributed by atoms with Crippen LogP contribution in [0.15, 0.2) is 0 Å². The van der Waals surface area contributed by atoms with Crippen molar-refractivity contribution in [2.24, 2.45) is 0 Å². The molecule has 0 aliphatic rings. The fraction of sp³-hybridized carbons (Fsp3) is 1.00. The molecule has 0 saturated heterocycles. The Morgan fingerprint density at radius 1 is 1.17 bits per heavy atom. The van der Waals surface area contributed by atoms with Crippen LogP contribution in [0.4, 0.5) is 0 Å². The lowest BCUT2D eigenvalue weighted by Crippen LogP contribution is -2.90. The quantitative estimate of drug-likeness (QED) is 0.428. The van der Waals surface area contributed by atoms with Gasteiger partial charge >= 0.3 is 0 Å². The lowest BCUT2D eigenvalue weighted by atomic mass is 10.1. The smallest absolute Gasteiger partial charge is 0.0874 e. The van der Waals surface area contributed by atoms with E-state index in [1.807, 2.05) is 0 Å². The molecule has 0 saturated carbocycles. The summed E-state index contributed by atoms with van der Waals surface area (Å²) in [5.41, 5.74) is 0.417. The minimum Gasteiger partial charge on any atom is -0.345 e. The molecule has 0 atom stereocenters. The predicted octanol–water partition coefficient (Wildman–Crippen LogP) is -0.0219. The van der Waals surface area contributed by atoms with Crippen molar-refractivity contribution < 1.29 is 5.32 Å². The van der Waals surface area contributed by atoms with Crippen LogP contribution in [0.3, 0.4) is 0 Å². The van der Waals surface area contributed by atoms with E-state index in [1.165, 1.54) is 0 Å². The van der Waals surface area contributed by atoms with Gasteiger partial charge in [0.1, 0.15) is 0 Å². The molecule has 1 nitrogen and oxygen atoms in total. The molecular weight excluding hydrogens is 74.1 g/mol. The van der Waals surface area contributed by atoms with E-state index < -0.39 is 0 Å². The summed E-state index contributed by atoms with van der Waals surface area (Å²) >= 11 is 0. The van der Waals surface area contributed by atoms with Gasteiger partial charge in [-0.2, -0.15) is 0 Å². The monoisotopic (exact) mass is 88.1 g/mol. The molecule has 0 aromatic heterocycles. The first kappa shape index (κ1) is 5.96. The van der Waals surface area contributed by atoms with Crippen LogP contribution in [0, 0.1) is 0 Å². The summed E-state index contributed by atoms with van der Waals surface area (Å²) in [6.45, 7) is 6.56. The Kier molecular flexibility index (Phi) is 1.59. The Morgan fingerprint density at radius 2 is 1.33 bits per heavy atom. The topological polar surface area (TPSA) is 16.6 Å². The van der Waals surface area contributed by atoms with Crippen molar-refractivity contribution in [1.29, 1.82) is 0 Å². The molecular formula is C5H14N+. The van der Waals surface area contributed by atoms with Crippen LogP contribution >= 0.6 is 0 Å². The maximum atomic E-state index is 2.19. The van der Waals surface area contributed by atoms with Crippen LogP contribution in [0.25, 0.3) is 0 Å². The second-order valence-electron chi connectivity index (χ2n) is 2.65. The molecule has 0 fully saturated rings. The van der Waals surface area contributed by atoms with Gasteiger partial charge in [-0.05, 0) is 20.8 Å². The summed E-state index contributed by atoms with van der Waals surface area (Å²) in [6.07, 6.45) is 0. The van der Waals surface area contributed by atoms with E-state index in [-0.39, 0.29) is 0 Å². The normalized spacial score (nSPS) is 12.0. The van der Waals surface area contributed by atoms with E-state index in [9.17, 15) is 0 Å². The van der Waals surface area contributed by atoms with Gasteiger partial charge in [-0.15, -0.1) is 0 Å². The zero-order valence-corrected chi connectivity index (χ0v) is 5.08. The molecule has 0 spiro atoms. The van der Waals surface area contributed by atoms with Gasteiger partial charge < -0.3 is 5.32 Å². The summed E-state index contributed by atoms with van der Waals surface area (Å²) in [7, 11) is 2.08. The Labute approximate surface area is 39.7 Å². The fourth-order valence-corrected chi connectivity index (χ4v) is 0. The van der Waals surface area contributed by atoms with Gasteiger partial charge in [0.05, 0.1) is 12.6 Å². The summed E-state index contributed by atoms with van der Waals surface area (Å²) < 4.78 is 0. The molecule has 6 heavy (non-hydrogen) atoms. The van der Waals surface area contributed by atoms with Gasteiger partial charge in [-0.1, -0.05) is 0 Å². The van der Waals surface area contributed by atoms with Gasteiger partial charge in [0, 0.05) is 0 Å². The lowest BCUT2D eigenvalue weighted by Gasteiger charge is -2.11. The third kappa shape index (κ3) is 3.96. The van der Waals surface area contributed by atoms with Crippen LogP contribution in [0.2, 0.25) is 0 Å². The van der Waals surface area contributed by atoms with Crippen molar-refractivity contribution in [3.63, 3.8) is 0 Å². The minimum atomic E-state index is 0.417. The third-order valence-corrected chi connectivity index (χ3v) is 0.866. The zero-order chi connectivity index (χ0) is 5.21. The second-order valence-corrected chi connectivity index (χ2v) is 2.65. The van der Waals surface area contributed by atoms with E-state index in [1.54, 1.807) is 0 Å². The van der Waals surface area contributed by atoms with E-state index in [4.69, 9.17) is 0 Å². The molecule has 0 heterocycles. The highest BCUT2D eigenvalue weighted by Crippen LogP contribution is 1.85. The first-order valence-corrected chi connectivity index (χ1v) is 2.37. The molecule has 0 unspecified atom stereocenters. The molecule has 0 aliphatic heterocycles. The van der Waals surface area contributed by atoms with Gasteiger partial charge in [-0.3, -0.25) is 0 Å². The first-order valence-electron chi connectivity index (χ1n) is 2.37. The van der Waals surface area contributed by atoms with Crippen LogP contribution < -0.4 is 5.32 Å². The highest BCUT2D eigenvalue weighted by molar-refractivity contribution is 4.50. The summed E-state index contributed by atoms with van der Waals surface area (Å²) in [5, 5.41) is 2.19. The molecule has 0 aliphatic carbocycles. The Balaban J connectivity index is 3.17. The van der Waals surface area contributed by atoms with E-state index in [2.05, 4.69) is 33.1 Å². The predicted molar refractivity (Wildman–Crippen MR) is 27.6 cm³/mol. The van der Waals surface area contributed by atoms with Crippen LogP contribution in [0.1, 0.15) is 20.8 Å². The average molecular weight is 88.2 g/mol. The largest absolute Gasteiger partial charge is 0.345 e. The van der Waals surface area contributed by atoms with E-state index >= 15 is 0 Å². The average Bonchev–Trinajstić information content (AvgIpc) is 1.35. The Hall–Kier alpha value is -0.0400. The highest BCUT2D eigenvalue weighted by Gasteiger charge is 2.06. The van der Waals surface area contributed by atoms with Crippen molar-refractivity contribution in [2.45, 2.75) is 26.3 Å². The van der Waals surface area contributed by atoms with Crippen molar-refractivity contribution >= 4 is 0 Å². The van der Waals surface area contributed by atoms with Crippen molar-refractivity contribution in [1.82, 2.24) is 0 Å². The lowest BCUT2D eigenvalue weighted by molar-refractivity contribution is -0.692. The number of quaternary nitrogens is 1. The maximum absolute atomic E-state index is 2.19.